The monoisotopic (exact) mass is 276 g/mol. The Kier molecular flexibility index (Phi) is 6.36. The molecule has 0 aromatic rings. The highest BCUT2D eigenvalue weighted by Gasteiger charge is 2.36. The van der Waals surface area contributed by atoms with Gasteiger partial charge in [0, 0.05) is 12.0 Å². The van der Waals surface area contributed by atoms with Gasteiger partial charge in [0.05, 0.1) is 19.8 Å². The van der Waals surface area contributed by atoms with Crippen molar-refractivity contribution < 1.29 is 13.6 Å². The van der Waals surface area contributed by atoms with Gasteiger partial charge in [0.15, 0.2) is 8.32 Å². The Hall–Kier alpha value is 0.314. The van der Waals surface area contributed by atoms with Gasteiger partial charge >= 0.3 is 0 Å². The van der Waals surface area contributed by atoms with Crippen LogP contribution in [0, 0.1) is 5.41 Å². The van der Waals surface area contributed by atoms with E-state index in [1.807, 2.05) is 0 Å². The average molecular weight is 277 g/mol. The van der Waals surface area contributed by atoms with Crippen LogP contribution < -0.4 is 0 Å². The van der Waals surface area contributed by atoms with E-state index in [4.69, 9.17) is 13.6 Å². The van der Waals surface area contributed by atoms with Crippen molar-refractivity contribution in [1.29, 1.82) is 0 Å². The van der Waals surface area contributed by atoms with Crippen LogP contribution in [0.5, 0.6) is 0 Å². The molecule has 1 heterocycles. The Morgan fingerprint density at radius 1 is 1.29 bits per heavy atom. The summed E-state index contributed by atoms with van der Waals surface area (Å²) in [6.45, 7) is 10.4. The SMILES string of the molecule is CCC1(COCCCC[Si](C)(C)O[SiH3])COC1. The van der Waals surface area contributed by atoms with Crippen LogP contribution in [0.2, 0.25) is 19.1 Å². The van der Waals surface area contributed by atoms with Crippen LogP contribution in [0.3, 0.4) is 0 Å². The van der Waals surface area contributed by atoms with Gasteiger partial charge in [-0.2, -0.15) is 0 Å². The first-order chi connectivity index (χ1) is 8.04. The largest absolute Gasteiger partial charge is 0.463 e. The summed E-state index contributed by atoms with van der Waals surface area (Å²) in [4.78, 5) is 0. The highest BCUT2D eigenvalue weighted by Crippen LogP contribution is 2.31. The lowest BCUT2D eigenvalue weighted by atomic mass is 9.84. The average Bonchev–Trinajstić information content (AvgIpc) is 2.26. The molecule has 1 saturated heterocycles. The second-order valence-electron chi connectivity index (χ2n) is 5.82. The molecule has 0 aromatic carbocycles. The van der Waals surface area contributed by atoms with Crippen LogP contribution in [-0.2, 0) is 13.6 Å². The highest BCUT2D eigenvalue weighted by molar-refractivity contribution is 6.73. The Bertz CT molecular complexity index is 212. The summed E-state index contributed by atoms with van der Waals surface area (Å²) in [6, 6.07) is 1.27. The number of hydrogen-bond acceptors (Lipinski definition) is 3. The molecular weight excluding hydrogens is 248 g/mol. The third-order valence-corrected chi connectivity index (χ3v) is 9.82. The van der Waals surface area contributed by atoms with Gasteiger partial charge < -0.3 is 13.6 Å². The van der Waals surface area contributed by atoms with Crippen molar-refractivity contribution in [3.05, 3.63) is 0 Å². The van der Waals surface area contributed by atoms with Gasteiger partial charge in [0.25, 0.3) is 0 Å². The van der Waals surface area contributed by atoms with E-state index >= 15 is 0 Å². The predicted molar refractivity (Wildman–Crippen MR) is 76.9 cm³/mol. The Morgan fingerprint density at radius 3 is 2.47 bits per heavy atom. The first-order valence-electron chi connectivity index (χ1n) is 6.74. The number of ether oxygens (including phenoxy) is 2. The van der Waals surface area contributed by atoms with Crippen molar-refractivity contribution >= 4 is 18.8 Å². The zero-order valence-electron chi connectivity index (χ0n) is 11.9. The van der Waals surface area contributed by atoms with Crippen molar-refractivity contribution in [2.75, 3.05) is 26.4 Å². The molecule has 5 heteroatoms. The van der Waals surface area contributed by atoms with E-state index in [0.29, 0.717) is 5.41 Å². The van der Waals surface area contributed by atoms with Gasteiger partial charge in [-0.15, -0.1) is 0 Å². The second-order valence-corrected chi connectivity index (χ2v) is 11.5. The van der Waals surface area contributed by atoms with E-state index in [1.54, 1.807) is 0 Å². The van der Waals surface area contributed by atoms with Crippen LogP contribution in [0.1, 0.15) is 26.2 Å². The molecule has 0 bridgehead atoms. The molecule has 0 spiro atoms. The van der Waals surface area contributed by atoms with Gasteiger partial charge in [-0.05, 0) is 32.0 Å². The van der Waals surface area contributed by atoms with E-state index in [-0.39, 0.29) is 0 Å². The van der Waals surface area contributed by atoms with E-state index < -0.39 is 8.32 Å². The molecule has 0 radical (unpaired) electrons. The van der Waals surface area contributed by atoms with Gasteiger partial charge in [0.2, 0.25) is 0 Å². The van der Waals surface area contributed by atoms with Crippen LogP contribution >= 0.6 is 0 Å². The van der Waals surface area contributed by atoms with Crippen LogP contribution in [0.25, 0.3) is 0 Å². The molecule has 102 valence electrons. The topological polar surface area (TPSA) is 27.7 Å². The maximum Gasteiger partial charge on any atom is 0.172 e. The van der Waals surface area contributed by atoms with E-state index in [1.165, 1.54) is 25.3 Å². The molecule has 1 aliphatic rings. The lowest BCUT2D eigenvalue weighted by Gasteiger charge is -2.40. The fraction of sp³-hybridized carbons (Fsp3) is 1.00. The molecule has 1 aliphatic heterocycles. The molecule has 17 heavy (non-hydrogen) atoms. The lowest BCUT2D eigenvalue weighted by molar-refractivity contribution is -0.150. The third kappa shape index (κ3) is 5.22. The van der Waals surface area contributed by atoms with Crippen molar-refractivity contribution in [3.63, 3.8) is 0 Å². The fourth-order valence-corrected chi connectivity index (χ4v) is 3.84. The molecule has 0 aliphatic carbocycles. The Labute approximate surface area is 110 Å². The first kappa shape index (κ1) is 15.4. The fourth-order valence-electron chi connectivity index (χ4n) is 1.93. The van der Waals surface area contributed by atoms with Gasteiger partial charge in [0.1, 0.15) is 10.5 Å². The minimum atomic E-state index is -1.29. The van der Waals surface area contributed by atoms with Crippen molar-refractivity contribution in [3.8, 4) is 0 Å². The molecule has 1 rings (SSSR count). The minimum absolute atomic E-state index is 0.339. The molecule has 0 unspecified atom stereocenters. The normalized spacial score (nSPS) is 19.2. The van der Waals surface area contributed by atoms with Crippen LogP contribution in [0.4, 0.5) is 0 Å². The molecule has 0 saturated carbocycles. The molecule has 1 fully saturated rings. The second kappa shape index (κ2) is 7.04. The van der Waals surface area contributed by atoms with Gasteiger partial charge in [-0.3, -0.25) is 0 Å². The summed E-state index contributed by atoms with van der Waals surface area (Å²) in [5, 5.41) is 0. The maximum atomic E-state index is 5.78. The van der Waals surface area contributed by atoms with E-state index in [2.05, 4.69) is 20.0 Å². The number of unbranched alkanes of at least 4 members (excludes halogenated alkanes) is 1. The zero-order chi connectivity index (χ0) is 12.8. The van der Waals surface area contributed by atoms with Gasteiger partial charge in [-0.25, -0.2) is 0 Å². The maximum absolute atomic E-state index is 5.78. The van der Waals surface area contributed by atoms with Crippen molar-refractivity contribution in [2.24, 2.45) is 5.41 Å². The van der Waals surface area contributed by atoms with Crippen molar-refractivity contribution in [2.45, 2.75) is 45.3 Å². The quantitative estimate of drug-likeness (QED) is 0.474. The molecule has 0 atom stereocenters. The summed E-state index contributed by atoms with van der Waals surface area (Å²) in [5.74, 6) is 0. The van der Waals surface area contributed by atoms with E-state index in [0.717, 1.165) is 36.9 Å². The molecule has 0 amide bonds. The van der Waals surface area contributed by atoms with Crippen LogP contribution in [0.15, 0.2) is 0 Å². The Morgan fingerprint density at radius 2 is 2.00 bits per heavy atom. The summed E-state index contributed by atoms with van der Waals surface area (Å²) in [5.41, 5.74) is 0.339. The Balaban J connectivity index is 1.98. The summed E-state index contributed by atoms with van der Waals surface area (Å²) in [7, 11) is -0.405. The smallest absolute Gasteiger partial charge is 0.172 e. The third-order valence-electron chi connectivity index (χ3n) is 3.84. The summed E-state index contributed by atoms with van der Waals surface area (Å²) >= 11 is 0. The lowest BCUT2D eigenvalue weighted by Crippen LogP contribution is -2.45. The van der Waals surface area contributed by atoms with Crippen molar-refractivity contribution in [1.82, 2.24) is 0 Å². The van der Waals surface area contributed by atoms with Gasteiger partial charge in [-0.1, -0.05) is 13.3 Å². The molecule has 0 N–H and O–H groups in total. The molecule has 0 aromatic heterocycles. The molecule has 3 nitrogen and oxygen atoms in total. The highest BCUT2D eigenvalue weighted by atomic mass is 28.4. The predicted octanol–water partition coefficient (Wildman–Crippen LogP) is 1.71. The number of rotatable bonds is 9. The van der Waals surface area contributed by atoms with Crippen LogP contribution in [-0.4, -0.2) is 45.2 Å². The summed E-state index contributed by atoms with van der Waals surface area (Å²) < 4.78 is 16.7. The summed E-state index contributed by atoms with van der Waals surface area (Å²) in [6.07, 6.45) is 3.58. The molecular formula is C12H28O3Si2. The zero-order valence-corrected chi connectivity index (χ0v) is 14.9. The van der Waals surface area contributed by atoms with E-state index in [9.17, 15) is 0 Å². The number of hydrogen-bond donors (Lipinski definition) is 0. The standard InChI is InChI=1S/C12H28O3Si2/c1-4-12(10-14-11-12)9-13-7-5-6-8-17(2,3)15-16/h4-11H2,1-3,16H3. The minimum Gasteiger partial charge on any atom is -0.463 e. The first-order valence-corrected chi connectivity index (χ1v) is 10.7.